The molecule has 0 spiro atoms. The molecule has 0 unspecified atom stereocenters. The van der Waals surface area contributed by atoms with E-state index in [1.165, 1.54) is 38.5 Å². The van der Waals surface area contributed by atoms with Crippen molar-refractivity contribution in [2.45, 2.75) is 96.2 Å². The van der Waals surface area contributed by atoms with E-state index in [1.54, 1.807) is 0 Å². The van der Waals surface area contributed by atoms with E-state index in [0.29, 0.717) is 6.54 Å². The summed E-state index contributed by atoms with van der Waals surface area (Å²) in [6, 6.07) is 0. The second-order valence-corrected chi connectivity index (χ2v) is 8.22. The first-order chi connectivity index (χ1) is 10.2. The molecule has 4 nitrogen and oxygen atoms in total. The van der Waals surface area contributed by atoms with Gasteiger partial charge in [0.1, 0.15) is 0 Å². The lowest BCUT2D eigenvalue weighted by Gasteiger charge is -2.31. The lowest BCUT2D eigenvalue weighted by Crippen LogP contribution is -2.26. The minimum atomic E-state index is -3.14. The summed E-state index contributed by atoms with van der Waals surface area (Å²) < 4.78 is 25.0. The van der Waals surface area contributed by atoms with Crippen molar-refractivity contribution in [2.75, 3.05) is 6.54 Å². The summed E-state index contributed by atoms with van der Waals surface area (Å²) in [4.78, 5) is 0. The third-order valence-corrected chi connectivity index (χ3v) is 6.28. The van der Waals surface area contributed by atoms with Gasteiger partial charge in [-0.1, -0.05) is 51.9 Å². The highest BCUT2D eigenvalue weighted by molar-refractivity contribution is 7.51. The Morgan fingerprint density at radius 2 is 1.38 bits per heavy atom. The van der Waals surface area contributed by atoms with Crippen LogP contribution in [0.25, 0.3) is 0 Å². The third kappa shape index (κ3) is 6.40. The Morgan fingerprint density at radius 1 is 0.905 bits per heavy atom. The Kier molecular flexibility index (Phi) is 7.73. The zero-order valence-corrected chi connectivity index (χ0v) is 14.4. The maximum atomic E-state index is 13.1. The first kappa shape index (κ1) is 17.5. The molecule has 0 aliphatic heterocycles. The van der Waals surface area contributed by atoms with Gasteiger partial charge >= 0.3 is 7.75 Å². The van der Waals surface area contributed by atoms with Gasteiger partial charge in [0.2, 0.25) is 0 Å². The van der Waals surface area contributed by atoms with Crippen molar-refractivity contribution in [2.24, 2.45) is 0 Å². The lowest BCUT2D eigenvalue weighted by atomic mass is 9.98. The molecular formula is C16H32NO3P. The SMILES string of the molecule is CCCCNP(=O)(OC1CCCCC1)OC1CCCCC1. The highest BCUT2D eigenvalue weighted by Gasteiger charge is 2.33. The van der Waals surface area contributed by atoms with Crippen molar-refractivity contribution >= 4 is 7.75 Å². The highest BCUT2D eigenvalue weighted by Crippen LogP contribution is 2.49. The van der Waals surface area contributed by atoms with Crippen LogP contribution in [0.2, 0.25) is 0 Å². The van der Waals surface area contributed by atoms with Crippen molar-refractivity contribution in [1.29, 1.82) is 0 Å². The number of nitrogens with one attached hydrogen (secondary N) is 1. The van der Waals surface area contributed by atoms with Crippen LogP contribution < -0.4 is 5.09 Å². The molecule has 2 rings (SSSR count). The molecule has 0 amide bonds. The molecule has 0 aromatic rings. The Hall–Kier alpha value is 0.110. The minimum absolute atomic E-state index is 0.113. The topological polar surface area (TPSA) is 47.6 Å². The molecular weight excluding hydrogens is 285 g/mol. The van der Waals surface area contributed by atoms with E-state index >= 15 is 0 Å². The Morgan fingerprint density at radius 3 is 1.81 bits per heavy atom. The fraction of sp³-hybridized carbons (Fsp3) is 1.00. The second kappa shape index (κ2) is 9.29. The van der Waals surface area contributed by atoms with Gasteiger partial charge in [0.15, 0.2) is 0 Å². The smallest absolute Gasteiger partial charge is 0.293 e. The van der Waals surface area contributed by atoms with Gasteiger partial charge in [-0.15, -0.1) is 0 Å². The van der Waals surface area contributed by atoms with Gasteiger partial charge in [0.05, 0.1) is 12.2 Å². The maximum absolute atomic E-state index is 13.1. The summed E-state index contributed by atoms with van der Waals surface area (Å²) in [6.07, 6.45) is 13.7. The summed E-state index contributed by atoms with van der Waals surface area (Å²) in [5, 5.41) is 3.10. The van der Waals surface area contributed by atoms with Gasteiger partial charge in [-0.25, -0.2) is 9.65 Å². The quantitative estimate of drug-likeness (QED) is 0.495. The molecule has 2 saturated carbocycles. The monoisotopic (exact) mass is 317 g/mol. The predicted octanol–water partition coefficient (Wildman–Crippen LogP) is 5.18. The average molecular weight is 317 g/mol. The molecule has 0 heterocycles. The number of hydrogen-bond acceptors (Lipinski definition) is 3. The van der Waals surface area contributed by atoms with Gasteiger partial charge < -0.3 is 0 Å². The van der Waals surface area contributed by atoms with E-state index in [4.69, 9.17) is 9.05 Å². The molecule has 5 heteroatoms. The van der Waals surface area contributed by atoms with Gasteiger partial charge in [-0.3, -0.25) is 9.05 Å². The van der Waals surface area contributed by atoms with Crippen molar-refractivity contribution in [1.82, 2.24) is 5.09 Å². The molecule has 21 heavy (non-hydrogen) atoms. The van der Waals surface area contributed by atoms with Crippen molar-refractivity contribution in [3.05, 3.63) is 0 Å². The fourth-order valence-electron chi connectivity index (χ4n) is 3.23. The Bertz CT molecular complexity index is 301. The summed E-state index contributed by atoms with van der Waals surface area (Å²) in [6.45, 7) is 2.85. The van der Waals surface area contributed by atoms with Crippen LogP contribution in [0.4, 0.5) is 0 Å². The van der Waals surface area contributed by atoms with Crippen LogP contribution in [0.15, 0.2) is 0 Å². The fourth-order valence-corrected chi connectivity index (χ4v) is 5.06. The summed E-state index contributed by atoms with van der Waals surface area (Å²) in [5.41, 5.74) is 0. The van der Waals surface area contributed by atoms with Crippen LogP contribution in [-0.2, 0) is 13.6 Å². The van der Waals surface area contributed by atoms with Gasteiger partial charge in [0.25, 0.3) is 0 Å². The molecule has 2 fully saturated rings. The van der Waals surface area contributed by atoms with Crippen LogP contribution in [0, 0.1) is 0 Å². The zero-order valence-electron chi connectivity index (χ0n) is 13.5. The molecule has 0 saturated heterocycles. The molecule has 0 bridgehead atoms. The van der Waals surface area contributed by atoms with Crippen molar-refractivity contribution in [3.63, 3.8) is 0 Å². The molecule has 0 radical (unpaired) electrons. The first-order valence-corrected chi connectivity index (χ1v) is 10.5. The van der Waals surface area contributed by atoms with E-state index in [2.05, 4.69) is 12.0 Å². The Labute approximate surface area is 129 Å². The zero-order chi connectivity index (χ0) is 15.0. The van der Waals surface area contributed by atoms with E-state index in [9.17, 15) is 4.57 Å². The molecule has 2 aliphatic carbocycles. The Balaban J connectivity index is 1.89. The summed E-state index contributed by atoms with van der Waals surface area (Å²) in [5.74, 6) is 0. The largest absolute Gasteiger partial charge is 0.406 e. The number of unbranched alkanes of at least 4 members (excludes halogenated alkanes) is 1. The summed E-state index contributed by atoms with van der Waals surface area (Å²) >= 11 is 0. The maximum Gasteiger partial charge on any atom is 0.406 e. The predicted molar refractivity (Wildman–Crippen MR) is 86.4 cm³/mol. The lowest BCUT2D eigenvalue weighted by molar-refractivity contribution is 0.0740. The molecule has 124 valence electrons. The molecule has 1 N–H and O–H groups in total. The van der Waals surface area contributed by atoms with E-state index < -0.39 is 7.75 Å². The normalized spacial score (nSPS) is 22.5. The number of rotatable bonds is 8. The van der Waals surface area contributed by atoms with Crippen LogP contribution in [0.3, 0.4) is 0 Å². The van der Waals surface area contributed by atoms with Crippen LogP contribution in [-0.4, -0.2) is 18.8 Å². The standard InChI is InChI=1S/C16H32NO3P/c1-2-3-14-17-21(18,19-15-10-6-4-7-11-15)20-16-12-8-5-9-13-16/h15-16H,2-14H2,1H3,(H,17,18). The van der Waals surface area contributed by atoms with Gasteiger partial charge in [0, 0.05) is 6.54 Å². The molecule has 2 aliphatic rings. The molecule has 0 aromatic carbocycles. The van der Waals surface area contributed by atoms with E-state index in [1.807, 2.05) is 0 Å². The van der Waals surface area contributed by atoms with Crippen molar-refractivity contribution < 1.29 is 13.6 Å². The van der Waals surface area contributed by atoms with E-state index in [-0.39, 0.29) is 12.2 Å². The van der Waals surface area contributed by atoms with Crippen molar-refractivity contribution in [3.8, 4) is 0 Å². The first-order valence-electron chi connectivity index (χ1n) is 8.94. The third-order valence-electron chi connectivity index (χ3n) is 4.52. The van der Waals surface area contributed by atoms with Gasteiger partial charge in [-0.2, -0.15) is 0 Å². The second-order valence-electron chi connectivity index (χ2n) is 6.49. The minimum Gasteiger partial charge on any atom is -0.293 e. The van der Waals surface area contributed by atoms with E-state index in [0.717, 1.165) is 38.5 Å². The highest BCUT2D eigenvalue weighted by atomic mass is 31.2. The number of hydrogen-bond donors (Lipinski definition) is 1. The molecule has 0 atom stereocenters. The van der Waals surface area contributed by atoms with Crippen LogP contribution in [0.5, 0.6) is 0 Å². The average Bonchev–Trinajstić information content (AvgIpc) is 2.49. The summed E-state index contributed by atoms with van der Waals surface area (Å²) in [7, 11) is -3.14. The molecule has 0 aromatic heterocycles. The van der Waals surface area contributed by atoms with Crippen LogP contribution in [0.1, 0.15) is 84.0 Å². The van der Waals surface area contributed by atoms with Gasteiger partial charge in [-0.05, 0) is 32.1 Å². The van der Waals surface area contributed by atoms with Crippen LogP contribution >= 0.6 is 7.75 Å².